The lowest BCUT2D eigenvalue weighted by Crippen LogP contribution is -2.37. The van der Waals surface area contributed by atoms with Gasteiger partial charge in [-0.1, -0.05) is 18.2 Å². The van der Waals surface area contributed by atoms with E-state index in [0.717, 1.165) is 24.0 Å². The molecular formula is C19H21NO4. The van der Waals surface area contributed by atoms with Crippen LogP contribution in [0, 0.1) is 0 Å². The van der Waals surface area contributed by atoms with Crippen LogP contribution in [0.2, 0.25) is 0 Å². The van der Waals surface area contributed by atoms with Gasteiger partial charge in [-0.3, -0.25) is 4.79 Å². The van der Waals surface area contributed by atoms with Crippen molar-refractivity contribution in [3.63, 3.8) is 0 Å². The first kappa shape index (κ1) is 16.5. The molecule has 0 bridgehead atoms. The highest BCUT2D eigenvalue weighted by molar-refractivity contribution is 5.95. The van der Waals surface area contributed by atoms with E-state index >= 15 is 0 Å². The third-order valence-electron chi connectivity index (χ3n) is 4.56. The molecule has 126 valence electrons. The minimum absolute atomic E-state index is 0.00126. The zero-order valence-electron chi connectivity index (χ0n) is 13.4. The molecule has 1 heterocycles. The Balaban J connectivity index is 1.82. The van der Waals surface area contributed by atoms with Crippen LogP contribution in [0.3, 0.4) is 0 Å². The van der Waals surface area contributed by atoms with Crippen LogP contribution in [-0.4, -0.2) is 45.3 Å². The molecule has 1 aliphatic rings. The molecule has 1 saturated heterocycles. The molecule has 3 N–H and O–H groups in total. The van der Waals surface area contributed by atoms with Gasteiger partial charge in [-0.15, -0.1) is 0 Å². The summed E-state index contributed by atoms with van der Waals surface area (Å²) in [6.45, 7) is 0.457. The van der Waals surface area contributed by atoms with Crippen LogP contribution in [-0.2, 0) is 6.61 Å². The van der Waals surface area contributed by atoms with Crippen LogP contribution in [0.5, 0.6) is 5.75 Å². The van der Waals surface area contributed by atoms with Gasteiger partial charge in [0.15, 0.2) is 0 Å². The summed E-state index contributed by atoms with van der Waals surface area (Å²) < 4.78 is 0. The Hall–Kier alpha value is -2.37. The Morgan fingerprint density at radius 3 is 2.46 bits per heavy atom. The van der Waals surface area contributed by atoms with E-state index in [1.165, 1.54) is 0 Å². The lowest BCUT2D eigenvalue weighted by Gasteiger charge is -2.23. The first-order valence-corrected chi connectivity index (χ1v) is 8.09. The molecule has 0 unspecified atom stereocenters. The van der Waals surface area contributed by atoms with Crippen LogP contribution < -0.4 is 0 Å². The van der Waals surface area contributed by atoms with E-state index in [1.807, 2.05) is 12.1 Å². The minimum Gasteiger partial charge on any atom is -0.508 e. The highest BCUT2D eigenvalue weighted by Gasteiger charge is 2.28. The van der Waals surface area contributed by atoms with Gasteiger partial charge in [-0.2, -0.15) is 0 Å². The van der Waals surface area contributed by atoms with Gasteiger partial charge in [0.2, 0.25) is 0 Å². The first-order chi connectivity index (χ1) is 11.6. The van der Waals surface area contributed by atoms with Gasteiger partial charge in [-0.05, 0) is 48.2 Å². The monoisotopic (exact) mass is 327 g/mol. The minimum atomic E-state index is -0.228. The molecule has 0 aromatic heterocycles. The largest absolute Gasteiger partial charge is 0.508 e. The molecule has 2 aromatic rings. The Morgan fingerprint density at radius 2 is 1.79 bits per heavy atom. The van der Waals surface area contributed by atoms with Gasteiger partial charge >= 0.3 is 0 Å². The molecule has 24 heavy (non-hydrogen) atoms. The van der Waals surface area contributed by atoms with Gasteiger partial charge in [0.05, 0.1) is 19.3 Å². The van der Waals surface area contributed by atoms with Crippen molar-refractivity contribution in [2.75, 3.05) is 13.2 Å². The average Bonchev–Trinajstić information content (AvgIpc) is 3.10. The summed E-state index contributed by atoms with van der Waals surface area (Å²) in [6, 6.07) is 12.2. The van der Waals surface area contributed by atoms with Crippen LogP contribution in [0.4, 0.5) is 0 Å². The SMILES string of the molecule is O=C(c1ccc(-c2ccc(O)c(CO)c2)cc1)N1CCC[C@H]1CO. The molecule has 0 radical (unpaired) electrons. The first-order valence-electron chi connectivity index (χ1n) is 8.09. The van der Waals surface area contributed by atoms with Crippen LogP contribution in [0.15, 0.2) is 42.5 Å². The molecule has 3 rings (SSSR count). The number of likely N-dealkylation sites (tertiary alicyclic amines) is 1. The lowest BCUT2D eigenvalue weighted by molar-refractivity contribution is 0.0677. The summed E-state index contributed by atoms with van der Waals surface area (Å²) in [7, 11) is 0. The Bertz CT molecular complexity index is 727. The second-order valence-corrected chi connectivity index (χ2v) is 6.06. The summed E-state index contributed by atoms with van der Waals surface area (Å²) in [5.41, 5.74) is 2.84. The molecule has 5 heteroatoms. The maximum Gasteiger partial charge on any atom is 0.254 e. The van der Waals surface area contributed by atoms with Crippen molar-refractivity contribution in [1.82, 2.24) is 4.90 Å². The molecule has 2 aromatic carbocycles. The van der Waals surface area contributed by atoms with Crippen molar-refractivity contribution in [2.45, 2.75) is 25.5 Å². The molecule has 5 nitrogen and oxygen atoms in total. The number of phenols is 1. The Kier molecular flexibility index (Phi) is 4.83. The quantitative estimate of drug-likeness (QED) is 0.804. The smallest absolute Gasteiger partial charge is 0.254 e. The summed E-state index contributed by atoms with van der Waals surface area (Å²) in [6.07, 6.45) is 1.77. The predicted octanol–water partition coefficient (Wildman–Crippen LogP) is 2.15. The lowest BCUT2D eigenvalue weighted by atomic mass is 10.0. The van der Waals surface area contributed by atoms with Crippen molar-refractivity contribution in [3.05, 3.63) is 53.6 Å². The van der Waals surface area contributed by atoms with E-state index in [0.29, 0.717) is 17.7 Å². The van der Waals surface area contributed by atoms with Crippen LogP contribution in [0.25, 0.3) is 11.1 Å². The number of hydrogen-bond donors (Lipinski definition) is 3. The third-order valence-corrected chi connectivity index (χ3v) is 4.56. The maximum atomic E-state index is 12.6. The van der Waals surface area contributed by atoms with Crippen LogP contribution in [0.1, 0.15) is 28.8 Å². The van der Waals surface area contributed by atoms with Gasteiger partial charge in [0, 0.05) is 17.7 Å². The van der Waals surface area contributed by atoms with Gasteiger partial charge in [0.25, 0.3) is 5.91 Å². The molecule has 1 aliphatic heterocycles. The number of carbonyl (C=O) groups excluding carboxylic acids is 1. The standard InChI is InChI=1S/C19H21NO4/c21-11-16-10-15(7-8-18(16)23)13-3-5-14(6-4-13)19(24)20-9-1-2-17(20)12-22/h3-8,10,17,21-23H,1-2,9,11-12H2/t17-/m0/s1. The van der Waals surface area contributed by atoms with E-state index in [1.54, 1.807) is 35.2 Å². The number of rotatable bonds is 4. The number of aliphatic hydroxyl groups is 2. The highest BCUT2D eigenvalue weighted by atomic mass is 16.3. The van der Waals surface area contributed by atoms with E-state index in [9.17, 15) is 20.1 Å². The fourth-order valence-electron chi connectivity index (χ4n) is 3.16. The second-order valence-electron chi connectivity index (χ2n) is 6.06. The summed E-state index contributed by atoms with van der Waals surface area (Å²) in [4.78, 5) is 14.3. The number of carbonyl (C=O) groups is 1. The maximum absolute atomic E-state index is 12.6. The molecule has 0 aliphatic carbocycles. The molecule has 1 amide bonds. The number of amides is 1. The van der Waals surface area contributed by atoms with Crippen molar-refractivity contribution in [1.29, 1.82) is 0 Å². The topological polar surface area (TPSA) is 81.0 Å². The number of aromatic hydroxyl groups is 1. The van der Waals surface area contributed by atoms with Crippen molar-refractivity contribution in [3.8, 4) is 16.9 Å². The number of hydrogen-bond acceptors (Lipinski definition) is 4. The average molecular weight is 327 g/mol. The summed E-state index contributed by atoms with van der Waals surface area (Å²) in [5.74, 6) is 0.0111. The van der Waals surface area contributed by atoms with Crippen molar-refractivity contribution < 1.29 is 20.1 Å². The normalized spacial score (nSPS) is 17.2. The van der Waals surface area contributed by atoms with Gasteiger partial charge in [-0.25, -0.2) is 0 Å². The van der Waals surface area contributed by atoms with Gasteiger partial charge in [0.1, 0.15) is 5.75 Å². The Morgan fingerprint density at radius 1 is 1.08 bits per heavy atom. The zero-order chi connectivity index (χ0) is 17.1. The van der Waals surface area contributed by atoms with E-state index in [2.05, 4.69) is 0 Å². The molecule has 0 spiro atoms. The second kappa shape index (κ2) is 7.03. The van der Waals surface area contributed by atoms with Crippen molar-refractivity contribution >= 4 is 5.91 Å². The molecular weight excluding hydrogens is 306 g/mol. The zero-order valence-corrected chi connectivity index (χ0v) is 13.4. The van der Waals surface area contributed by atoms with E-state index in [4.69, 9.17) is 0 Å². The molecule has 1 atom stereocenters. The van der Waals surface area contributed by atoms with E-state index < -0.39 is 0 Å². The third kappa shape index (κ3) is 3.13. The fraction of sp³-hybridized carbons (Fsp3) is 0.316. The van der Waals surface area contributed by atoms with E-state index in [-0.39, 0.29) is 30.9 Å². The number of benzene rings is 2. The molecule has 0 saturated carbocycles. The number of nitrogens with zero attached hydrogens (tertiary/aromatic N) is 1. The van der Waals surface area contributed by atoms with Crippen LogP contribution >= 0.6 is 0 Å². The fourth-order valence-corrected chi connectivity index (χ4v) is 3.16. The highest BCUT2D eigenvalue weighted by Crippen LogP contribution is 2.27. The predicted molar refractivity (Wildman–Crippen MR) is 90.6 cm³/mol. The molecule has 1 fully saturated rings. The summed E-state index contributed by atoms with van der Waals surface area (Å²) in [5, 5.41) is 28.2. The van der Waals surface area contributed by atoms with Gasteiger partial charge < -0.3 is 20.2 Å². The number of aliphatic hydroxyl groups excluding tert-OH is 2. The Labute approximate surface area is 140 Å². The summed E-state index contributed by atoms with van der Waals surface area (Å²) >= 11 is 0. The van der Waals surface area contributed by atoms with Crippen molar-refractivity contribution in [2.24, 2.45) is 0 Å².